The molecule has 0 fully saturated rings. The van der Waals surface area contributed by atoms with Gasteiger partial charge in [-0.3, -0.25) is 19.9 Å². The third-order valence-electron chi connectivity index (χ3n) is 18.8. The minimum atomic E-state index is -0.343. The Morgan fingerprint density at radius 1 is 0.406 bits per heavy atom. The minimum absolute atomic E-state index is 0.00706. The van der Waals surface area contributed by atoms with E-state index in [1.807, 2.05) is 134 Å². The topological polar surface area (TPSA) is 164 Å². The van der Waals surface area contributed by atoms with E-state index in [-0.39, 0.29) is 35.4 Å². The zero-order valence-electron chi connectivity index (χ0n) is 59.5. The lowest BCUT2D eigenvalue weighted by Crippen LogP contribution is -2.12. The molecular weight excluding hydrogens is 1310 g/mol. The number of carbonyl (C=O) groups is 2. The van der Waals surface area contributed by atoms with Gasteiger partial charge in [-0.2, -0.15) is 15.3 Å². The van der Waals surface area contributed by atoms with E-state index in [1.54, 1.807) is 25.2 Å². The van der Waals surface area contributed by atoms with E-state index in [1.165, 1.54) is 22.3 Å². The molecule has 0 saturated carbocycles. The van der Waals surface area contributed by atoms with Gasteiger partial charge in [-0.05, 0) is 223 Å². The summed E-state index contributed by atoms with van der Waals surface area (Å²) in [5, 5.41) is 45.4. The SMILES string of the molecule is CN=Nc1ccc2c(c1)C(=O)c1cc(N=Nc3c(O)c(CONc4ccc(/C=C/c5ccc(N(c6ccc(C)cc6)c6ccc(C)cc6)cc5)cc4)cc4ccccc34)ccc1-2.Cc1ccc(N(c2ccc(C)cc2)c2ccc(/C=C/c3ccc(NC(=O)c4cc5ccccc5c(C)c4O)cc3)cc2)cc1. The fraction of sp³-hybridized carbons (Fsp3) is 0.0753. The maximum atomic E-state index is 13.3. The van der Waals surface area contributed by atoms with Gasteiger partial charge in [-0.25, -0.2) is 0 Å². The van der Waals surface area contributed by atoms with Crippen molar-refractivity contribution in [2.45, 2.75) is 41.2 Å². The highest BCUT2D eigenvalue weighted by atomic mass is 16.6. The number of carbonyl (C=O) groups excluding carboxylic acids is 2. The molecule has 106 heavy (non-hydrogen) atoms. The molecular formula is C93H76N8O5. The van der Waals surface area contributed by atoms with Gasteiger partial charge in [0.2, 0.25) is 0 Å². The van der Waals surface area contributed by atoms with Crippen LogP contribution in [0.2, 0.25) is 0 Å². The third kappa shape index (κ3) is 15.7. The first kappa shape index (κ1) is 69.5. The second-order valence-electron chi connectivity index (χ2n) is 26.3. The molecule has 0 unspecified atom stereocenters. The lowest BCUT2D eigenvalue weighted by molar-refractivity contribution is 0.102. The van der Waals surface area contributed by atoms with Crippen LogP contribution in [0.1, 0.15) is 81.9 Å². The average Bonchev–Trinajstić information content (AvgIpc) is 1.66. The van der Waals surface area contributed by atoms with Crippen LogP contribution < -0.4 is 20.6 Å². The van der Waals surface area contributed by atoms with E-state index in [0.29, 0.717) is 45.0 Å². The largest absolute Gasteiger partial charge is 0.507 e. The molecule has 1 amide bonds. The smallest absolute Gasteiger partial charge is 0.259 e. The van der Waals surface area contributed by atoms with Crippen LogP contribution in [0.4, 0.5) is 62.6 Å². The number of amides is 1. The number of benzene rings is 14. The second-order valence-corrected chi connectivity index (χ2v) is 26.3. The van der Waals surface area contributed by atoms with Crippen LogP contribution in [0.25, 0.3) is 57.0 Å². The van der Waals surface area contributed by atoms with Crippen molar-refractivity contribution in [3.63, 3.8) is 0 Å². The molecule has 0 radical (unpaired) electrons. The highest BCUT2D eigenvalue weighted by molar-refractivity contribution is 6.22. The van der Waals surface area contributed by atoms with E-state index in [9.17, 15) is 19.8 Å². The summed E-state index contributed by atoms with van der Waals surface area (Å²) < 4.78 is 0. The van der Waals surface area contributed by atoms with Crippen molar-refractivity contribution in [3.8, 4) is 22.6 Å². The van der Waals surface area contributed by atoms with Crippen LogP contribution in [0, 0.1) is 34.6 Å². The number of hydrogen-bond donors (Lipinski definition) is 4. The maximum absolute atomic E-state index is 13.3. The Morgan fingerprint density at radius 3 is 1.24 bits per heavy atom. The van der Waals surface area contributed by atoms with E-state index in [0.717, 1.165) is 94.7 Å². The van der Waals surface area contributed by atoms with Crippen LogP contribution in [0.5, 0.6) is 11.5 Å². The number of nitrogens with zero attached hydrogens (tertiary/aromatic N) is 6. The number of aryl methyl sites for hydroxylation is 5. The Balaban J connectivity index is 0.000000189. The van der Waals surface area contributed by atoms with Gasteiger partial charge in [-0.15, -0.1) is 5.11 Å². The Kier molecular flexibility index (Phi) is 20.5. The standard InChI is InChI=1S/C53H42N6O3.C40H34N2O2/c1-34-8-22-43(23-9-34)59(44-24-10-35(2)11-25-44)45-26-16-37(17-27-45)13-12-36-14-18-40(19-15-36)58-62-33-39-30-38-6-4-5-7-46(38)51(52(39)60)57-56-42-21-29-48-47-28-20-41(55-54-3)31-49(47)53(61)50(48)32-42;1-27-8-20-34(21-9-27)42(35-22-10-28(2)11-23-35)36-24-16-31(17-25-36)13-12-30-14-18-33(19-15-30)41-40(44)38-26-32-6-4-5-7-37(32)29(3)39(38)43/h4-32,58,60H,33H2,1-3H3;4-26,43H,1-3H3,(H,41,44)/b13-12+,55-54?,57-56?;13-12+. The van der Waals surface area contributed by atoms with Crippen molar-refractivity contribution < 1.29 is 24.6 Å². The average molecular weight is 1390 g/mol. The molecule has 4 N–H and O–H groups in total. The first-order chi connectivity index (χ1) is 51.7. The number of hydrogen-bond acceptors (Lipinski definition) is 12. The molecule has 0 heterocycles. The Morgan fingerprint density at radius 2 is 0.792 bits per heavy atom. The Bertz CT molecular complexity index is 5590. The number of anilines is 8. The molecule has 15 rings (SSSR count). The maximum Gasteiger partial charge on any atom is 0.259 e. The van der Waals surface area contributed by atoms with Crippen molar-refractivity contribution >= 4 is 120 Å². The van der Waals surface area contributed by atoms with Crippen LogP contribution in [0.15, 0.2) is 312 Å². The van der Waals surface area contributed by atoms with Crippen molar-refractivity contribution in [3.05, 3.63) is 364 Å². The molecule has 0 bridgehead atoms. The molecule has 0 saturated heterocycles. The van der Waals surface area contributed by atoms with Crippen molar-refractivity contribution in [2.75, 3.05) is 27.6 Å². The summed E-state index contributed by atoms with van der Waals surface area (Å²) in [7, 11) is 1.59. The normalized spacial score (nSPS) is 11.7. The van der Waals surface area contributed by atoms with Gasteiger partial charge in [0, 0.05) is 68.9 Å². The molecule has 13 nitrogen and oxygen atoms in total. The zero-order valence-corrected chi connectivity index (χ0v) is 59.5. The summed E-state index contributed by atoms with van der Waals surface area (Å²) in [5.74, 6) is -0.478. The molecule has 1 aliphatic carbocycles. The molecule has 14 aromatic carbocycles. The van der Waals surface area contributed by atoms with Gasteiger partial charge in [0.1, 0.15) is 23.8 Å². The lowest BCUT2D eigenvalue weighted by Gasteiger charge is -2.25. The molecule has 0 aromatic heterocycles. The van der Waals surface area contributed by atoms with Crippen molar-refractivity contribution in [1.82, 2.24) is 0 Å². The fourth-order valence-electron chi connectivity index (χ4n) is 12.9. The predicted octanol–water partition coefficient (Wildman–Crippen LogP) is 25.0. The number of phenolic OH excluding ortho intramolecular Hbond substituents is 2. The molecule has 14 aromatic rings. The number of fused-ring (bicyclic) bond motifs is 5. The van der Waals surface area contributed by atoms with E-state index < -0.39 is 0 Å². The van der Waals surface area contributed by atoms with Crippen LogP contribution in [-0.4, -0.2) is 29.0 Å². The summed E-state index contributed by atoms with van der Waals surface area (Å²) in [4.78, 5) is 36.8. The molecule has 0 spiro atoms. The summed E-state index contributed by atoms with van der Waals surface area (Å²) >= 11 is 0. The zero-order chi connectivity index (χ0) is 73.2. The highest BCUT2D eigenvalue weighted by Crippen LogP contribution is 2.44. The van der Waals surface area contributed by atoms with Crippen molar-refractivity contribution in [1.29, 1.82) is 0 Å². The predicted molar refractivity (Wildman–Crippen MR) is 434 cm³/mol. The first-order valence-electron chi connectivity index (χ1n) is 35.0. The Hall–Kier alpha value is -13.6. The van der Waals surface area contributed by atoms with Gasteiger partial charge in [0.05, 0.1) is 22.6 Å². The van der Waals surface area contributed by atoms with Gasteiger partial charge < -0.3 is 25.3 Å². The van der Waals surface area contributed by atoms with Gasteiger partial charge in [0.15, 0.2) is 5.78 Å². The van der Waals surface area contributed by atoms with E-state index in [4.69, 9.17) is 4.84 Å². The van der Waals surface area contributed by atoms with Gasteiger partial charge >= 0.3 is 0 Å². The number of phenols is 2. The fourth-order valence-corrected chi connectivity index (χ4v) is 12.9. The third-order valence-corrected chi connectivity index (χ3v) is 18.8. The second kappa shape index (κ2) is 31.3. The summed E-state index contributed by atoms with van der Waals surface area (Å²) in [6.45, 7) is 10.3. The minimum Gasteiger partial charge on any atom is -0.507 e. The van der Waals surface area contributed by atoms with E-state index >= 15 is 0 Å². The van der Waals surface area contributed by atoms with Crippen LogP contribution in [0.3, 0.4) is 0 Å². The Labute approximate surface area is 616 Å². The summed E-state index contributed by atoms with van der Waals surface area (Å²) in [5.41, 5.74) is 25.9. The number of nitrogens with one attached hydrogen (secondary N) is 2. The van der Waals surface area contributed by atoms with Crippen LogP contribution in [-0.2, 0) is 11.4 Å². The quantitative estimate of drug-likeness (QED) is 0.0353. The highest BCUT2D eigenvalue weighted by Gasteiger charge is 2.28. The molecule has 1 aliphatic rings. The number of rotatable bonds is 19. The number of aromatic hydroxyl groups is 2. The molecule has 13 heteroatoms. The summed E-state index contributed by atoms with van der Waals surface area (Å²) in [6.07, 6.45) is 8.31. The lowest BCUT2D eigenvalue weighted by atomic mass is 10.00. The van der Waals surface area contributed by atoms with Crippen molar-refractivity contribution in [2.24, 2.45) is 20.5 Å². The molecule has 0 atom stereocenters. The molecule has 518 valence electrons. The first-order valence-corrected chi connectivity index (χ1v) is 35.0. The number of azo groups is 2. The number of ketones is 1. The van der Waals surface area contributed by atoms with E-state index in [2.05, 4.69) is 239 Å². The summed E-state index contributed by atoms with van der Waals surface area (Å²) in [6, 6.07) is 96.9. The van der Waals surface area contributed by atoms with Gasteiger partial charge in [-0.1, -0.05) is 204 Å². The molecule has 0 aliphatic heterocycles. The van der Waals surface area contributed by atoms with Crippen LogP contribution >= 0.6 is 0 Å². The monoisotopic (exact) mass is 1380 g/mol. The van der Waals surface area contributed by atoms with Gasteiger partial charge in [0.25, 0.3) is 5.91 Å².